The predicted molar refractivity (Wildman–Crippen MR) is 86.4 cm³/mol. The van der Waals surface area contributed by atoms with Crippen molar-refractivity contribution in [2.75, 3.05) is 12.3 Å². The van der Waals surface area contributed by atoms with Gasteiger partial charge in [-0.25, -0.2) is 4.39 Å². The Morgan fingerprint density at radius 3 is 2.52 bits per heavy atom. The Bertz CT molecular complexity index is 559. The molecule has 2 aromatic rings. The summed E-state index contributed by atoms with van der Waals surface area (Å²) in [6.45, 7) is 2.94. The van der Waals surface area contributed by atoms with Gasteiger partial charge in [0.25, 0.3) is 0 Å². The highest BCUT2D eigenvalue weighted by Crippen LogP contribution is 2.23. The molecule has 0 aliphatic carbocycles. The summed E-state index contributed by atoms with van der Waals surface area (Å²) in [5, 5.41) is 12.7. The molecule has 0 heterocycles. The van der Waals surface area contributed by atoms with E-state index in [0.29, 0.717) is 4.90 Å². The lowest BCUT2D eigenvalue weighted by atomic mass is 10.1. The zero-order chi connectivity index (χ0) is 15.1. The summed E-state index contributed by atoms with van der Waals surface area (Å²) >= 11 is 1.53. The molecule has 0 saturated heterocycles. The Balaban J connectivity index is 1.95. The summed E-state index contributed by atoms with van der Waals surface area (Å²) in [5.41, 5.74) is 1.16. The molecule has 112 valence electrons. The van der Waals surface area contributed by atoms with Crippen LogP contribution in [0.3, 0.4) is 0 Å². The van der Waals surface area contributed by atoms with E-state index in [1.54, 1.807) is 18.2 Å². The molecule has 0 amide bonds. The Morgan fingerprint density at radius 2 is 1.86 bits per heavy atom. The van der Waals surface area contributed by atoms with E-state index in [1.165, 1.54) is 17.8 Å². The molecule has 2 nitrogen and oxygen atoms in total. The van der Waals surface area contributed by atoms with Crippen LogP contribution in [0.1, 0.15) is 12.5 Å². The van der Waals surface area contributed by atoms with E-state index >= 15 is 0 Å². The molecule has 0 aliphatic rings. The van der Waals surface area contributed by atoms with Crippen LogP contribution in [0.4, 0.5) is 4.39 Å². The third kappa shape index (κ3) is 5.06. The van der Waals surface area contributed by atoms with Crippen molar-refractivity contribution in [2.24, 2.45) is 0 Å². The van der Waals surface area contributed by atoms with Crippen molar-refractivity contribution in [1.82, 2.24) is 5.32 Å². The van der Waals surface area contributed by atoms with Gasteiger partial charge in [-0.05, 0) is 42.8 Å². The third-order valence-electron chi connectivity index (χ3n) is 3.19. The molecule has 2 rings (SSSR count). The van der Waals surface area contributed by atoms with Gasteiger partial charge >= 0.3 is 0 Å². The predicted octanol–water partition coefficient (Wildman–Crippen LogP) is 3.84. The molecule has 0 bridgehead atoms. The minimum absolute atomic E-state index is 0.164. The van der Waals surface area contributed by atoms with Crippen LogP contribution in [-0.4, -0.2) is 23.4 Å². The second kappa shape index (κ2) is 8.05. The molecule has 0 spiro atoms. The van der Waals surface area contributed by atoms with Crippen LogP contribution >= 0.6 is 11.8 Å². The summed E-state index contributed by atoms with van der Waals surface area (Å²) in [4.78, 5) is 0.686. The second-order valence-electron chi connectivity index (χ2n) is 4.87. The number of thioether (sulfide) groups is 1. The van der Waals surface area contributed by atoms with Crippen molar-refractivity contribution in [3.8, 4) is 5.75 Å². The molecule has 2 N–H and O–H groups in total. The van der Waals surface area contributed by atoms with Crippen LogP contribution in [0.5, 0.6) is 5.75 Å². The molecule has 1 atom stereocenters. The van der Waals surface area contributed by atoms with Gasteiger partial charge in [0.15, 0.2) is 0 Å². The summed E-state index contributed by atoms with van der Waals surface area (Å²) in [5.74, 6) is 0.914. The van der Waals surface area contributed by atoms with Crippen molar-refractivity contribution in [3.63, 3.8) is 0 Å². The Kier molecular flexibility index (Phi) is 6.08. The number of phenolic OH excluding ortho intramolecular Hbond substituents is 1. The summed E-state index contributed by atoms with van der Waals surface area (Å²) in [6, 6.07) is 14.4. The van der Waals surface area contributed by atoms with Crippen LogP contribution in [0, 0.1) is 5.82 Å². The highest BCUT2D eigenvalue weighted by molar-refractivity contribution is 7.99. The number of hydrogen-bond acceptors (Lipinski definition) is 3. The average Bonchev–Trinajstić information content (AvgIpc) is 2.49. The van der Waals surface area contributed by atoms with Gasteiger partial charge < -0.3 is 10.4 Å². The standard InChI is InChI=1S/C17H20FNOS/c1-2-19-14(11-13-7-9-15(20)10-8-13)12-21-17-6-4-3-5-16(17)18/h3-10,14,19-20H,2,11-12H2,1H3. The van der Waals surface area contributed by atoms with E-state index < -0.39 is 0 Å². The van der Waals surface area contributed by atoms with Gasteiger partial charge in [0, 0.05) is 16.7 Å². The highest BCUT2D eigenvalue weighted by Gasteiger charge is 2.11. The first-order chi connectivity index (χ1) is 10.2. The smallest absolute Gasteiger partial charge is 0.136 e. The van der Waals surface area contributed by atoms with E-state index in [1.807, 2.05) is 24.3 Å². The summed E-state index contributed by atoms with van der Waals surface area (Å²) in [6.07, 6.45) is 0.857. The fourth-order valence-corrected chi connectivity index (χ4v) is 3.14. The first kappa shape index (κ1) is 15.9. The fourth-order valence-electron chi connectivity index (χ4n) is 2.15. The molecule has 0 aromatic heterocycles. The van der Waals surface area contributed by atoms with Crippen LogP contribution in [0.15, 0.2) is 53.4 Å². The van der Waals surface area contributed by atoms with E-state index in [2.05, 4.69) is 12.2 Å². The van der Waals surface area contributed by atoms with Crippen molar-refractivity contribution in [1.29, 1.82) is 0 Å². The van der Waals surface area contributed by atoms with Crippen molar-refractivity contribution >= 4 is 11.8 Å². The molecule has 0 radical (unpaired) electrons. The number of halogens is 1. The molecule has 4 heteroatoms. The van der Waals surface area contributed by atoms with E-state index in [9.17, 15) is 9.50 Å². The van der Waals surface area contributed by atoms with Crippen LogP contribution in [-0.2, 0) is 6.42 Å². The first-order valence-electron chi connectivity index (χ1n) is 7.07. The van der Waals surface area contributed by atoms with Crippen molar-refractivity contribution in [2.45, 2.75) is 24.3 Å². The molecule has 21 heavy (non-hydrogen) atoms. The average molecular weight is 305 g/mol. The maximum absolute atomic E-state index is 13.6. The zero-order valence-electron chi connectivity index (χ0n) is 12.1. The fraction of sp³-hybridized carbons (Fsp3) is 0.294. The zero-order valence-corrected chi connectivity index (χ0v) is 12.9. The number of rotatable bonds is 7. The SMILES string of the molecule is CCNC(CSc1ccccc1F)Cc1ccc(O)cc1. The number of aromatic hydroxyl groups is 1. The van der Waals surface area contributed by atoms with Gasteiger partial charge in [-0.15, -0.1) is 11.8 Å². The molecule has 0 aliphatic heterocycles. The van der Waals surface area contributed by atoms with Gasteiger partial charge in [-0.3, -0.25) is 0 Å². The lowest BCUT2D eigenvalue weighted by Crippen LogP contribution is -2.33. The van der Waals surface area contributed by atoms with E-state index in [-0.39, 0.29) is 17.6 Å². The second-order valence-corrected chi connectivity index (χ2v) is 5.93. The number of benzene rings is 2. The maximum Gasteiger partial charge on any atom is 0.136 e. The maximum atomic E-state index is 13.6. The Labute approximate surface area is 129 Å². The molecule has 2 aromatic carbocycles. The van der Waals surface area contributed by atoms with Crippen LogP contribution < -0.4 is 5.32 Å². The Morgan fingerprint density at radius 1 is 1.14 bits per heavy atom. The van der Waals surface area contributed by atoms with Gasteiger partial charge in [-0.1, -0.05) is 31.2 Å². The number of nitrogens with one attached hydrogen (secondary N) is 1. The van der Waals surface area contributed by atoms with Gasteiger partial charge in [0.05, 0.1) is 0 Å². The minimum atomic E-state index is -0.164. The number of likely N-dealkylation sites (N-methyl/N-ethyl adjacent to an activating group) is 1. The van der Waals surface area contributed by atoms with E-state index in [0.717, 1.165) is 24.3 Å². The van der Waals surface area contributed by atoms with Gasteiger partial charge in [-0.2, -0.15) is 0 Å². The Hall–Kier alpha value is -1.52. The third-order valence-corrected chi connectivity index (χ3v) is 4.40. The normalized spacial score (nSPS) is 12.3. The molecular formula is C17H20FNOS. The number of hydrogen-bond donors (Lipinski definition) is 2. The highest BCUT2D eigenvalue weighted by atomic mass is 32.2. The van der Waals surface area contributed by atoms with Crippen molar-refractivity contribution in [3.05, 3.63) is 59.9 Å². The topological polar surface area (TPSA) is 32.3 Å². The largest absolute Gasteiger partial charge is 0.508 e. The summed E-state index contributed by atoms with van der Waals surface area (Å²) in [7, 11) is 0. The lowest BCUT2D eigenvalue weighted by molar-refractivity contribution is 0.474. The lowest BCUT2D eigenvalue weighted by Gasteiger charge is -2.18. The first-order valence-corrected chi connectivity index (χ1v) is 8.06. The molecule has 0 fully saturated rings. The molecule has 0 saturated carbocycles. The van der Waals surface area contributed by atoms with Crippen molar-refractivity contribution < 1.29 is 9.50 Å². The van der Waals surface area contributed by atoms with Crippen LogP contribution in [0.2, 0.25) is 0 Å². The number of phenols is 1. The van der Waals surface area contributed by atoms with Gasteiger partial charge in [0.1, 0.15) is 11.6 Å². The van der Waals surface area contributed by atoms with Crippen LogP contribution in [0.25, 0.3) is 0 Å². The monoisotopic (exact) mass is 305 g/mol. The van der Waals surface area contributed by atoms with Gasteiger partial charge in [0.2, 0.25) is 0 Å². The summed E-state index contributed by atoms with van der Waals surface area (Å²) < 4.78 is 13.6. The van der Waals surface area contributed by atoms with E-state index in [4.69, 9.17) is 0 Å². The quantitative estimate of drug-likeness (QED) is 0.762. The molecule has 1 unspecified atom stereocenters. The molecular weight excluding hydrogens is 285 g/mol. The minimum Gasteiger partial charge on any atom is -0.508 e.